The molecular weight excluding hydrogens is 387 g/mol. The van der Waals surface area contributed by atoms with Crippen molar-refractivity contribution in [1.29, 1.82) is 0 Å². The smallest absolute Gasteiger partial charge is 0.334 e. The van der Waals surface area contributed by atoms with Crippen molar-refractivity contribution in [3.05, 3.63) is 76.1 Å². The van der Waals surface area contributed by atoms with Crippen LogP contribution in [-0.4, -0.2) is 14.9 Å². The maximum absolute atomic E-state index is 13.2. The average Bonchev–Trinajstić information content (AvgIpc) is 2.68. The maximum Gasteiger partial charge on any atom is 0.418 e. The highest BCUT2D eigenvalue weighted by Gasteiger charge is 2.34. The monoisotopic (exact) mass is 403 g/mol. The van der Waals surface area contributed by atoms with Gasteiger partial charge in [0.05, 0.1) is 16.2 Å². The zero-order chi connectivity index (χ0) is 21.0. The molecule has 2 N–H and O–H groups in total. The molecule has 0 amide bonds. The van der Waals surface area contributed by atoms with Gasteiger partial charge in [0.15, 0.2) is 0 Å². The van der Waals surface area contributed by atoms with Crippen LogP contribution in [0.2, 0.25) is 0 Å². The molecular formula is C19H16F3N5O2. The number of nitrogens with zero attached hydrogens (tertiary/aromatic N) is 3. The van der Waals surface area contributed by atoms with E-state index in [0.717, 1.165) is 24.4 Å². The van der Waals surface area contributed by atoms with Crippen molar-refractivity contribution in [3.8, 4) is 0 Å². The van der Waals surface area contributed by atoms with Gasteiger partial charge in [-0.1, -0.05) is 31.2 Å². The van der Waals surface area contributed by atoms with Crippen LogP contribution in [0.3, 0.4) is 0 Å². The Morgan fingerprint density at radius 3 is 2.21 bits per heavy atom. The SMILES string of the molecule is CCc1ccc(Nc2ncnc(Nc3ccccc3C(F)(F)F)c2[N+](=O)[O-])cc1. The van der Waals surface area contributed by atoms with Crippen LogP contribution in [0.25, 0.3) is 0 Å². The van der Waals surface area contributed by atoms with E-state index in [9.17, 15) is 23.3 Å². The minimum Gasteiger partial charge on any atom is -0.334 e. The van der Waals surface area contributed by atoms with Gasteiger partial charge < -0.3 is 10.6 Å². The molecule has 0 bridgehead atoms. The van der Waals surface area contributed by atoms with Crippen molar-refractivity contribution >= 4 is 28.7 Å². The van der Waals surface area contributed by atoms with Gasteiger partial charge in [-0.15, -0.1) is 0 Å². The molecule has 10 heteroatoms. The first-order valence-corrected chi connectivity index (χ1v) is 8.58. The molecule has 0 fully saturated rings. The van der Waals surface area contributed by atoms with Gasteiger partial charge in [0, 0.05) is 5.69 Å². The second-order valence-electron chi connectivity index (χ2n) is 6.02. The van der Waals surface area contributed by atoms with Gasteiger partial charge >= 0.3 is 11.9 Å². The van der Waals surface area contributed by atoms with E-state index < -0.39 is 22.4 Å². The molecule has 29 heavy (non-hydrogen) atoms. The summed E-state index contributed by atoms with van der Waals surface area (Å²) in [6.45, 7) is 1.99. The van der Waals surface area contributed by atoms with Crippen molar-refractivity contribution < 1.29 is 18.1 Å². The summed E-state index contributed by atoms with van der Waals surface area (Å²) in [6, 6.07) is 11.8. The lowest BCUT2D eigenvalue weighted by Crippen LogP contribution is -2.10. The summed E-state index contributed by atoms with van der Waals surface area (Å²) in [5.41, 5.74) is -0.244. The van der Waals surface area contributed by atoms with Crippen LogP contribution in [0, 0.1) is 10.1 Å². The summed E-state index contributed by atoms with van der Waals surface area (Å²) in [7, 11) is 0. The first-order chi connectivity index (χ1) is 13.8. The highest BCUT2D eigenvalue weighted by Crippen LogP contribution is 2.38. The number of alkyl halides is 3. The largest absolute Gasteiger partial charge is 0.418 e. The van der Waals surface area contributed by atoms with E-state index >= 15 is 0 Å². The molecule has 0 saturated carbocycles. The molecule has 1 aromatic heterocycles. The van der Waals surface area contributed by atoms with Crippen molar-refractivity contribution in [2.24, 2.45) is 0 Å². The number of nitrogens with one attached hydrogen (secondary N) is 2. The van der Waals surface area contributed by atoms with Crippen LogP contribution in [0.15, 0.2) is 54.9 Å². The third-order valence-electron chi connectivity index (χ3n) is 4.12. The van der Waals surface area contributed by atoms with Gasteiger partial charge in [0.25, 0.3) is 0 Å². The minimum absolute atomic E-state index is 0.138. The molecule has 0 unspecified atom stereocenters. The number of halogens is 3. The van der Waals surface area contributed by atoms with Gasteiger partial charge in [0.1, 0.15) is 6.33 Å². The Kier molecular flexibility index (Phi) is 5.62. The van der Waals surface area contributed by atoms with Gasteiger partial charge in [-0.05, 0) is 36.2 Å². The second kappa shape index (κ2) is 8.13. The van der Waals surface area contributed by atoms with Gasteiger partial charge in [-0.25, -0.2) is 9.97 Å². The maximum atomic E-state index is 13.2. The predicted octanol–water partition coefficient (Wildman–Crippen LogP) is 5.45. The molecule has 3 rings (SSSR count). The van der Waals surface area contributed by atoms with Crippen LogP contribution < -0.4 is 10.6 Å². The van der Waals surface area contributed by atoms with Crippen molar-refractivity contribution in [1.82, 2.24) is 9.97 Å². The normalized spacial score (nSPS) is 11.2. The Labute approximate surface area is 163 Å². The fourth-order valence-electron chi connectivity index (χ4n) is 2.66. The van der Waals surface area contributed by atoms with E-state index in [0.29, 0.717) is 5.69 Å². The van der Waals surface area contributed by atoms with Gasteiger partial charge in [-0.3, -0.25) is 10.1 Å². The topological polar surface area (TPSA) is 93.0 Å². The molecule has 2 aromatic carbocycles. The summed E-state index contributed by atoms with van der Waals surface area (Å²) in [4.78, 5) is 18.5. The summed E-state index contributed by atoms with van der Waals surface area (Å²) in [5, 5.41) is 16.9. The summed E-state index contributed by atoms with van der Waals surface area (Å²) in [6.07, 6.45) is -2.76. The van der Waals surface area contributed by atoms with E-state index in [-0.39, 0.29) is 17.3 Å². The Bertz CT molecular complexity index is 1020. The Hall–Kier alpha value is -3.69. The number of anilines is 4. The number of hydrogen-bond acceptors (Lipinski definition) is 6. The van der Waals surface area contributed by atoms with E-state index in [1.807, 2.05) is 19.1 Å². The molecule has 0 aliphatic carbocycles. The number of aromatic nitrogens is 2. The zero-order valence-electron chi connectivity index (χ0n) is 15.2. The molecule has 3 aromatic rings. The fraction of sp³-hybridized carbons (Fsp3) is 0.158. The molecule has 0 atom stereocenters. The van der Waals surface area contributed by atoms with E-state index in [1.54, 1.807) is 12.1 Å². The van der Waals surface area contributed by atoms with Crippen LogP contribution >= 0.6 is 0 Å². The van der Waals surface area contributed by atoms with Gasteiger partial charge in [0.2, 0.25) is 11.6 Å². The number of hydrogen-bond donors (Lipinski definition) is 2. The predicted molar refractivity (Wildman–Crippen MR) is 103 cm³/mol. The number of nitro groups is 1. The lowest BCUT2D eigenvalue weighted by molar-refractivity contribution is -0.383. The standard InChI is InChI=1S/C19H16F3N5O2/c1-2-12-7-9-13(10-8-12)25-17-16(27(28)29)18(24-11-23-17)26-15-6-4-3-5-14(15)19(20,21)22/h3-11H,2H2,1H3,(H2,23,24,25,26). The highest BCUT2D eigenvalue weighted by atomic mass is 19.4. The van der Waals surface area contributed by atoms with Crippen LogP contribution in [0.1, 0.15) is 18.1 Å². The lowest BCUT2D eigenvalue weighted by Gasteiger charge is -2.14. The Balaban J connectivity index is 1.99. The van der Waals surface area contributed by atoms with E-state index in [4.69, 9.17) is 0 Å². The number of rotatable bonds is 6. The average molecular weight is 403 g/mol. The lowest BCUT2D eigenvalue weighted by atomic mass is 10.1. The molecule has 0 spiro atoms. The molecule has 7 nitrogen and oxygen atoms in total. The fourth-order valence-corrected chi connectivity index (χ4v) is 2.66. The van der Waals surface area contributed by atoms with Crippen LogP contribution in [-0.2, 0) is 12.6 Å². The molecule has 0 aliphatic heterocycles. The van der Waals surface area contributed by atoms with E-state index in [2.05, 4.69) is 20.6 Å². The Morgan fingerprint density at radius 2 is 1.62 bits per heavy atom. The van der Waals surface area contributed by atoms with Crippen molar-refractivity contribution in [3.63, 3.8) is 0 Å². The third-order valence-corrected chi connectivity index (χ3v) is 4.12. The minimum atomic E-state index is -4.63. The highest BCUT2D eigenvalue weighted by molar-refractivity contribution is 5.77. The molecule has 0 saturated heterocycles. The molecule has 1 heterocycles. The first-order valence-electron chi connectivity index (χ1n) is 8.58. The first kappa shape index (κ1) is 20.1. The van der Waals surface area contributed by atoms with Crippen LogP contribution in [0.4, 0.5) is 41.9 Å². The Morgan fingerprint density at radius 1 is 1.00 bits per heavy atom. The summed E-state index contributed by atoms with van der Waals surface area (Å²) < 4.78 is 39.7. The van der Waals surface area contributed by atoms with Crippen molar-refractivity contribution in [2.75, 3.05) is 10.6 Å². The number of benzene rings is 2. The van der Waals surface area contributed by atoms with E-state index in [1.165, 1.54) is 18.2 Å². The summed E-state index contributed by atoms with van der Waals surface area (Å²) in [5.74, 6) is -0.490. The molecule has 0 radical (unpaired) electrons. The molecule has 150 valence electrons. The van der Waals surface area contributed by atoms with Crippen LogP contribution in [0.5, 0.6) is 0 Å². The van der Waals surface area contributed by atoms with Gasteiger partial charge in [-0.2, -0.15) is 13.2 Å². The quantitative estimate of drug-likeness (QED) is 0.420. The van der Waals surface area contributed by atoms with Crippen molar-refractivity contribution in [2.45, 2.75) is 19.5 Å². The number of aryl methyl sites for hydroxylation is 1. The zero-order valence-corrected chi connectivity index (χ0v) is 15.2. The summed E-state index contributed by atoms with van der Waals surface area (Å²) >= 11 is 0. The third kappa shape index (κ3) is 4.60. The second-order valence-corrected chi connectivity index (χ2v) is 6.02. The molecule has 0 aliphatic rings. The number of para-hydroxylation sites is 1.